The summed E-state index contributed by atoms with van der Waals surface area (Å²) < 4.78 is 13.1. The summed E-state index contributed by atoms with van der Waals surface area (Å²) in [6.07, 6.45) is 3.85. The Kier molecular flexibility index (Phi) is 5.03. The molecule has 28 heavy (non-hydrogen) atoms. The molecule has 0 bridgehead atoms. The van der Waals surface area contributed by atoms with Crippen molar-refractivity contribution in [3.8, 4) is 22.8 Å². The topological polar surface area (TPSA) is 61.8 Å². The van der Waals surface area contributed by atoms with E-state index in [0.29, 0.717) is 39.5 Å². The predicted octanol–water partition coefficient (Wildman–Crippen LogP) is 5.48. The normalized spacial score (nSPS) is 11.0. The van der Waals surface area contributed by atoms with E-state index in [1.807, 2.05) is 53.2 Å². The summed E-state index contributed by atoms with van der Waals surface area (Å²) in [5, 5.41) is 1.02. The van der Waals surface area contributed by atoms with Crippen molar-refractivity contribution in [1.29, 1.82) is 0 Å². The Hall–Kier alpha value is -2.89. The zero-order chi connectivity index (χ0) is 19.7. The number of halogens is 2. The second-order valence-electron chi connectivity index (χ2n) is 6.22. The Morgan fingerprint density at radius 3 is 2.64 bits per heavy atom. The molecule has 5 nitrogen and oxygen atoms in total. The molecule has 0 spiro atoms. The standard InChI is InChI=1S/C21H17Cl2N3O2/c1-27-19-7-5-14(10-17(19)24)18-11-26-8-2-3-20(21(26)25-18)28-12-13-4-6-15(22)16(23)9-13/h2-11H,12,24H2,1H3. The molecule has 7 heteroatoms. The van der Waals surface area contributed by atoms with Crippen LogP contribution >= 0.6 is 23.2 Å². The molecule has 0 aliphatic heterocycles. The zero-order valence-corrected chi connectivity index (χ0v) is 16.5. The van der Waals surface area contributed by atoms with E-state index in [0.717, 1.165) is 16.8 Å². The van der Waals surface area contributed by atoms with E-state index in [1.165, 1.54) is 0 Å². The van der Waals surface area contributed by atoms with Gasteiger partial charge in [-0.1, -0.05) is 29.3 Å². The highest BCUT2D eigenvalue weighted by Gasteiger charge is 2.11. The number of hydrogen-bond acceptors (Lipinski definition) is 4. The van der Waals surface area contributed by atoms with E-state index in [1.54, 1.807) is 19.2 Å². The molecule has 0 fully saturated rings. The highest BCUT2D eigenvalue weighted by atomic mass is 35.5. The van der Waals surface area contributed by atoms with E-state index < -0.39 is 0 Å². The number of anilines is 1. The Morgan fingerprint density at radius 2 is 1.89 bits per heavy atom. The molecule has 0 saturated heterocycles. The number of ether oxygens (including phenoxy) is 2. The van der Waals surface area contributed by atoms with Gasteiger partial charge in [-0.25, -0.2) is 4.98 Å². The molecule has 0 atom stereocenters. The number of benzene rings is 2. The van der Waals surface area contributed by atoms with E-state index in [9.17, 15) is 0 Å². The fourth-order valence-electron chi connectivity index (χ4n) is 2.92. The van der Waals surface area contributed by atoms with Gasteiger partial charge in [0.25, 0.3) is 0 Å². The number of nitrogens with two attached hydrogens (primary N) is 1. The summed E-state index contributed by atoms with van der Waals surface area (Å²) in [5.41, 5.74) is 9.92. The molecule has 2 heterocycles. The van der Waals surface area contributed by atoms with E-state index in [-0.39, 0.29) is 0 Å². The minimum Gasteiger partial charge on any atom is -0.495 e. The SMILES string of the molecule is COc1ccc(-c2cn3cccc(OCc4ccc(Cl)c(Cl)c4)c3n2)cc1N. The van der Waals surface area contributed by atoms with Crippen LogP contribution < -0.4 is 15.2 Å². The number of imidazole rings is 1. The molecule has 0 aliphatic carbocycles. The average molecular weight is 414 g/mol. The maximum Gasteiger partial charge on any atom is 0.180 e. The number of rotatable bonds is 5. The molecule has 2 aromatic heterocycles. The molecule has 4 rings (SSSR count). The first-order chi connectivity index (χ1) is 13.5. The molecule has 2 aromatic carbocycles. The summed E-state index contributed by atoms with van der Waals surface area (Å²) in [6, 6.07) is 14.8. The first-order valence-corrected chi connectivity index (χ1v) is 9.29. The van der Waals surface area contributed by atoms with E-state index >= 15 is 0 Å². The second-order valence-corrected chi connectivity index (χ2v) is 7.04. The third-order valence-electron chi connectivity index (χ3n) is 4.35. The summed E-state index contributed by atoms with van der Waals surface area (Å²) in [5.74, 6) is 1.31. The first kappa shape index (κ1) is 18.5. The summed E-state index contributed by atoms with van der Waals surface area (Å²) in [4.78, 5) is 4.72. The van der Waals surface area contributed by atoms with Gasteiger partial charge in [-0.3, -0.25) is 0 Å². The largest absolute Gasteiger partial charge is 0.495 e. The molecule has 0 amide bonds. The highest BCUT2D eigenvalue weighted by Crippen LogP contribution is 2.30. The monoisotopic (exact) mass is 413 g/mol. The lowest BCUT2D eigenvalue weighted by atomic mass is 10.1. The van der Waals surface area contributed by atoms with Gasteiger partial charge in [0.1, 0.15) is 12.4 Å². The maximum absolute atomic E-state index is 6.07. The van der Waals surface area contributed by atoms with Crippen LogP contribution in [0.4, 0.5) is 5.69 Å². The maximum atomic E-state index is 6.07. The molecule has 4 aromatic rings. The molecule has 0 saturated carbocycles. The van der Waals surface area contributed by atoms with Crippen LogP contribution in [0.25, 0.3) is 16.9 Å². The smallest absolute Gasteiger partial charge is 0.180 e. The Labute approximate surface area is 172 Å². The number of methoxy groups -OCH3 is 1. The third-order valence-corrected chi connectivity index (χ3v) is 5.09. The quantitative estimate of drug-likeness (QED) is 0.440. The number of fused-ring (bicyclic) bond motifs is 1. The molecule has 142 valence electrons. The fraction of sp³-hybridized carbons (Fsp3) is 0.0952. The minimum absolute atomic E-state index is 0.355. The van der Waals surface area contributed by atoms with Crippen LogP contribution in [-0.2, 0) is 6.61 Å². The molecule has 0 unspecified atom stereocenters. The molecular formula is C21H17Cl2N3O2. The molecular weight excluding hydrogens is 397 g/mol. The van der Waals surface area contributed by atoms with Crippen LogP contribution in [0, 0.1) is 0 Å². The zero-order valence-electron chi connectivity index (χ0n) is 15.0. The van der Waals surface area contributed by atoms with E-state index in [2.05, 4.69) is 0 Å². The average Bonchev–Trinajstić information content (AvgIpc) is 3.14. The Bertz CT molecular complexity index is 1160. The van der Waals surface area contributed by atoms with Gasteiger partial charge < -0.3 is 19.6 Å². The van der Waals surface area contributed by atoms with Gasteiger partial charge in [0.2, 0.25) is 0 Å². The lowest BCUT2D eigenvalue weighted by Crippen LogP contribution is -1.97. The van der Waals surface area contributed by atoms with Crippen LogP contribution in [0.2, 0.25) is 10.0 Å². The van der Waals surface area contributed by atoms with Crippen molar-refractivity contribution in [3.63, 3.8) is 0 Å². The van der Waals surface area contributed by atoms with Crippen LogP contribution in [0.3, 0.4) is 0 Å². The number of nitrogen functional groups attached to an aromatic ring is 1. The van der Waals surface area contributed by atoms with Crippen LogP contribution in [0.1, 0.15) is 5.56 Å². The van der Waals surface area contributed by atoms with Gasteiger partial charge >= 0.3 is 0 Å². The van der Waals surface area contributed by atoms with Crippen LogP contribution in [-0.4, -0.2) is 16.5 Å². The van der Waals surface area contributed by atoms with Gasteiger partial charge in [0, 0.05) is 18.0 Å². The number of nitrogens with zero attached hydrogens (tertiary/aromatic N) is 2. The predicted molar refractivity (Wildman–Crippen MR) is 112 cm³/mol. The highest BCUT2D eigenvalue weighted by molar-refractivity contribution is 6.42. The van der Waals surface area contributed by atoms with Crippen molar-refractivity contribution in [3.05, 3.63) is 76.5 Å². The van der Waals surface area contributed by atoms with Crippen molar-refractivity contribution in [2.75, 3.05) is 12.8 Å². The first-order valence-electron chi connectivity index (χ1n) is 8.53. The fourth-order valence-corrected chi connectivity index (χ4v) is 3.24. The molecule has 0 aliphatic rings. The van der Waals surface area contributed by atoms with Gasteiger partial charge in [0.05, 0.1) is 28.5 Å². The number of hydrogen-bond donors (Lipinski definition) is 1. The van der Waals surface area contributed by atoms with Crippen LogP contribution in [0.15, 0.2) is 60.9 Å². The summed E-state index contributed by atoms with van der Waals surface area (Å²) in [6.45, 7) is 0.355. The van der Waals surface area contributed by atoms with Crippen LogP contribution in [0.5, 0.6) is 11.5 Å². The van der Waals surface area contributed by atoms with Crippen molar-refractivity contribution in [2.45, 2.75) is 6.61 Å². The van der Waals surface area contributed by atoms with Crippen molar-refractivity contribution >= 4 is 34.5 Å². The summed E-state index contributed by atoms with van der Waals surface area (Å²) in [7, 11) is 1.59. The van der Waals surface area contributed by atoms with Crippen molar-refractivity contribution < 1.29 is 9.47 Å². The lowest BCUT2D eigenvalue weighted by Gasteiger charge is -2.08. The van der Waals surface area contributed by atoms with Crippen molar-refractivity contribution in [2.24, 2.45) is 0 Å². The van der Waals surface area contributed by atoms with E-state index in [4.69, 9.17) is 43.4 Å². The third kappa shape index (κ3) is 3.59. The number of aromatic nitrogens is 2. The number of pyridine rings is 1. The Balaban J connectivity index is 1.63. The Morgan fingerprint density at radius 1 is 1.04 bits per heavy atom. The molecule has 0 radical (unpaired) electrons. The van der Waals surface area contributed by atoms with Gasteiger partial charge in [-0.15, -0.1) is 0 Å². The van der Waals surface area contributed by atoms with Gasteiger partial charge in [-0.05, 0) is 48.0 Å². The minimum atomic E-state index is 0.355. The summed E-state index contributed by atoms with van der Waals surface area (Å²) >= 11 is 12.0. The second kappa shape index (κ2) is 7.62. The molecule has 2 N–H and O–H groups in total. The van der Waals surface area contributed by atoms with Gasteiger partial charge in [0.15, 0.2) is 11.4 Å². The van der Waals surface area contributed by atoms with Crippen molar-refractivity contribution in [1.82, 2.24) is 9.38 Å². The lowest BCUT2D eigenvalue weighted by molar-refractivity contribution is 0.308. The van der Waals surface area contributed by atoms with Gasteiger partial charge in [-0.2, -0.15) is 0 Å².